The molecule has 0 saturated heterocycles. The topological polar surface area (TPSA) is 59.0 Å². The number of hydrogen-bond donors (Lipinski definition) is 0. The molecule has 2 amide bonds. The molecule has 2 rings (SSSR count). The lowest BCUT2D eigenvalue weighted by Gasteiger charge is -2.18. The molecular formula is C8H8N2O3. The fourth-order valence-corrected chi connectivity index (χ4v) is 1.31. The highest BCUT2D eigenvalue weighted by Gasteiger charge is 2.35. The summed E-state index contributed by atoms with van der Waals surface area (Å²) in [6.45, 7) is 1.79. The van der Waals surface area contributed by atoms with Crippen molar-refractivity contribution in [1.82, 2.24) is 4.90 Å². The molecule has 2 aliphatic heterocycles. The number of oxime groups is 1. The van der Waals surface area contributed by atoms with Gasteiger partial charge in [-0.3, -0.25) is 9.59 Å². The van der Waals surface area contributed by atoms with Gasteiger partial charge in [0.25, 0.3) is 11.8 Å². The van der Waals surface area contributed by atoms with E-state index in [1.165, 1.54) is 12.2 Å². The summed E-state index contributed by atoms with van der Waals surface area (Å²) in [7, 11) is 0. The predicted molar refractivity (Wildman–Crippen MR) is 43.6 cm³/mol. The van der Waals surface area contributed by atoms with E-state index in [2.05, 4.69) is 5.16 Å². The second-order valence-corrected chi connectivity index (χ2v) is 2.97. The molecule has 0 N–H and O–H groups in total. The summed E-state index contributed by atoms with van der Waals surface area (Å²) >= 11 is 0. The van der Waals surface area contributed by atoms with Gasteiger partial charge < -0.3 is 4.84 Å². The Morgan fingerprint density at radius 2 is 2.08 bits per heavy atom. The maximum atomic E-state index is 11.2. The maximum Gasteiger partial charge on any atom is 0.256 e. The van der Waals surface area contributed by atoms with Crippen LogP contribution >= 0.6 is 0 Å². The normalized spacial score (nSPS) is 26.7. The monoisotopic (exact) mass is 180 g/mol. The molecule has 2 aliphatic rings. The molecule has 1 unspecified atom stereocenters. The van der Waals surface area contributed by atoms with Crippen molar-refractivity contribution < 1.29 is 14.4 Å². The summed E-state index contributed by atoms with van der Waals surface area (Å²) in [5.74, 6) is -0.667. The molecule has 68 valence electrons. The number of imide groups is 1. The van der Waals surface area contributed by atoms with Gasteiger partial charge >= 0.3 is 0 Å². The van der Waals surface area contributed by atoms with E-state index in [0.29, 0.717) is 6.42 Å². The van der Waals surface area contributed by atoms with Crippen molar-refractivity contribution >= 4 is 17.5 Å². The Bertz CT molecular complexity index is 314. The Morgan fingerprint density at radius 1 is 1.46 bits per heavy atom. The molecule has 0 fully saturated rings. The van der Waals surface area contributed by atoms with Crippen molar-refractivity contribution in [2.75, 3.05) is 0 Å². The zero-order valence-corrected chi connectivity index (χ0v) is 7.06. The average Bonchev–Trinajstić information content (AvgIpc) is 2.60. The van der Waals surface area contributed by atoms with Gasteiger partial charge in [0.05, 0.1) is 5.71 Å². The molecule has 13 heavy (non-hydrogen) atoms. The summed E-state index contributed by atoms with van der Waals surface area (Å²) in [5, 5.41) is 3.67. The van der Waals surface area contributed by atoms with E-state index in [1.807, 2.05) is 0 Å². The third-order valence-electron chi connectivity index (χ3n) is 1.93. The lowest BCUT2D eigenvalue weighted by atomic mass is 10.2. The van der Waals surface area contributed by atoms with E-state index in [-0.39, 0.29) is 11.8 Å². The number of rotatable bonds is 1. The van der Waals surface area contributed by atoms with Gasteiger partial charge in [0, 0.05) is 18.6 Å². The molecule has 0 spiro atoms. The largest absolute Gasteiger partial charge is 0.370 e. The van der Waals surface area contributed by atoms with Crippen molar-refractivity contribution in [3.8, 4) is 0 Å². The number of amides is 2. The third-order valence-corrected chi connectivity index (χ3v) is 1.93. The van der Waals surface area contributed by atoms with Gasteiger partial charge in [-0.15, -0.1) is 0 Å². The van der Waals surface area contributed by atoms with Crippen LogP contribution in [0.4, 0.5) is 0 Å². The summed E-state index contributed by atoms with van der Waals surface area (Å²) in [6.07, 6.45) is 2.42. The van der Waals surface area contributed by atoms with Crippen molar-refractivity contribution in [1.29, 1.82) is 0 Å². The molecule has 0 saturated carbocycles. The van der Waals surface area contributed by atoms with Crippen molar-refractivity contribution in [2.24, 2.45) is 5.16 Å². The number of nitrogens with zero attached hydrogens (tertiary/aromatic N) is 2. The first-order valence-corrected chi connectivity index (χ1v) is 3.93. The van der Waals surface area contributed by atoms with Crippen molar-refractivity contribution in [2.45, 2.75) is 19.6 Å². The SMILES string of the molecule is CC1=NOC(N2C(=O)C=CC2=O)C1. The van der Waals surface area contributed by atoms with Crippen LogP contribution in [-0.4, -0.2) is 28.7 Å². The van der Waals surface area contributed by atoms with Crippen LogP contribution in [0.1, 0.15) is 13.3 Å². The minimum absolute atomic E-state index is 0.333. The molecule has 0 aliphatic carbocycles. The Labute approximate surface area is 74.6 Å². The first kappa shape index (κ1) is 7.97. The maximum absolute atomic E-state index is 11.2. The molecule has 0 bridgehead atoms. The molecule has 2 heterocycles. The van der Waals surface area contributed by atoms with Gasteiger partial charge in [-0.1, -0.05) is 5.16 Å². The van der Waals surface area contributed by atoms with Crippen LogP contribution in [0.25, 0.3) is 0 Å². The first-order valence-electron chi connectivity index (χ1n) is 3.93. The second-order valence-electron chi connectivity index (χ2n) is 2.97. The van der Waals surface area contributed by atoms with E-state index in [9.17, 15) is 9.59 Å². The molecule has 0 radical (unpaired) electrons. The van der Waals surface area contributed by atoms with Gasteiger partial charge in [0.2, 0.25) is 6.23 Å². The first-order chi connectivity index (χ1) is 6.18. The van der Waals surface area contributed by atoms with E-state index in [0.717, 1.165) is 10.6 Å². The fourth-order valence-electron chi connectivity index (χ4n) is 1.31. The van der Waals surface area contributed by atoms with E-state index in [4.69, 9.17) is 4.84 Å². The quantitative estimate of drug-likeness (QED) is 0.535. The number of hydrogen-bond acceptors (Lipinski definition) is 4. The molecule has 5 heteroatoms. The highest BCUT2D eigenvalue weighted by Crippen LogP contribution is 2.18. The smallest absolute Gasteiger partial charge is 0.256 e. The van der Waals surface area contributed by atoms with Crippen LogP contribution < -0.4 is 0 Å². The molecule has 5 nitrogen and oxygen atoms in total. The van der Waals surface area contributed by atoms with E-state index < -0.39 is 6.23 Å². The summed E-state index contributed by atoms with van der Waals surface area (Å²) in [4.78, 5) is 28.3. The Balaban J connectivity index is 2.11. The van der Waals surface area contributed by atoms with Crippen LogP contribution in [0.2, 0.25) is 0 Å². The molecule has 0 aromatic carbocycles. The van der Waals surface area contributed by atoms with Gasteiger partial charge in [0.15, 0.2) is 0 Å². The zero-order valence-electron chi connectivity index (χ0n) is 7.06. The Morgan fingerprint density at radius 3 is 2.54 bits per heavy atom. The minimum Gasteiger partial charge on any atom is -0.370 e. The van der Waals surface area contributed by atoms with Crippen LogP contribution in [0.3, 0.4) is 0 Å². The summed E-state index contributed by atoms with van der Waals surface area (Å²) in [5.41, 5.74) is 0.789. The summed E-state index contributed by atoms with van der Waals surface area (Å²) in [6, 6.07) is 0. The van der Waals surface area contributed by atoms with Crippen LogP contribution in [0.15, 0.2) is 17.3 Å². The van der Waals surface area contributed by atoms with E-state index >= 15 is 0 Å². The molecule has 0 aromatic rings. The van der Waals surface area contributed by atoms with Crippen LogP contribution in [0.5, 0.6) is 0 Å². The highest BCUT2D eigenvalue weighted by atomic mass is 16.7. The van der Waals surface area contributed by atoms with Crippen molar-refractivity contribution in [3.05, 3.63) is 12.2 Å². The van der Waals surface area contributed by atoms with E-state index in [1.54, 1.807) is 6.92 Å². The van der Waals surface area contributed by atoms with Gasteiger partial charge in [0.1, 0.15) is 0 Å². The van der Waals surface area contributed by atoms with Gasteiger partial charge in [-0.2, -0.15) is 0 Å². The van der Waals surface area contributed by atoms with Crippen LogP contribution in [-0.2, 0) is 14.4 Å². The second kappa shape index (κ2) is 2.69. The molecule has 1 atom stereocenters. The summed E-state index contributed by atoms with van der Waals surface area (Å²) < 4.78 is 0. The number of carbonyl (C=O) groups is 2. The lowest BCUT2D eigenvalue weighted by molar-refractivity contribution is -0.150. The van der Waals surface area contributed by atoms with Gasteiger partial charge in [-0.05, 0) is 6.92 Å². The molecular weight excluding hydrogens is 172 g/mol. The number of carbonyl (C=O) groups excluding carboxylic acids is 2. The highest BCUT2D eigenvalue weighted by molar-refractivity contribution is 6.13. The third kappa shape index (κ3) is 1.22. The van der Waals surface area contributed by atoms with Crippen LogP contribution in [0, 0.1) is 0 Å². The fraction of sp³-hybridized carbons (Fsp3) is 0.375. The Hall–Kier alpha value is -1.65. The Kier molecular flexibility index (Phi) is 1.65. The standard InChI is InChI=1S/C8H8N2O3/c1-5-4-8(13-9-5)10-6(11)2-3-7(10)12/h2-3,8H,4H2,1H3. The predicted octanol–water partition coefficient (Wildman–Crippen LogP) is 0.0337. The lowest BCUT2D eigenvalue weighted by Crippen LogP contribution is -2.39. The zero-order chi connectivity index (χ0) is 9.42. The minimum atomic E-state index is -0.546. The van der Waals surface area contributed by atoms with Crippen molar-refractivity contribution in [3.63, 3.8) is 0 Å². The molecule has 0 aromatic heterocycles. The average molecular weight is 180 g/mol. The van der Waals surface area contributed by atoms with Gasteiger partial charge in [-0.25, -0.2) is 4.90 Å².